The highest BCUT2D eigenvalue weighted by atomic mass is 32.2. The SMILES string of the molecule is CC(=O)OC1C[C@H]2CC[C@@H](C1)N2c1ccc(C(F)(F)F)cn1.CCCOc1cc(C)ccc1S.CCCOc1cc(C)ccc1SC1C[C@H]2CC[C@@H](C1)N2c1ccc(C(F)(F)F)cn1.OC1C[C@H]2CC[C@@H](C1)N2c1ccc(C(F)(F)F)cn1. The van der Waals surface area contributed by atoms with Crippen molar-refractivity contribution >= 4 is 47.8 Å². The molecule has 9 atom stereocenters. The molecule has 5 aromatic rings. The summed E-state index contributed by atoms with van der Waals surface area (Å²) in [6, 6.07) is 21.5. The molecule has 6 saturated heterocycles. The van der Waals surface area contributed by atoms with E-state index in [2.05, 4.69) is 81.3 Å². The first-order chi connectivity index (χ1) is 39.4. The maximum absolute atomic E-state index is 12.9. The summed E-state index contributed by atoms with van der Waals surface area (Å²) in [6.45, 7) is 11.2. The molecule has 0 saturated carbocycles. The number of benzene rings is 2. The van der Waals surface area contributed by atoms with E-state index >= 15 is 0 Å². The largest absolute Gasteiger partial charge is 0.492 e. The van der Waals surface area contributed by atoms with Crippen LogP contribution in [0.3, 0.4) is 0 Å². The highest BCUT2D eigenvalue weighted by Gasteiger charge is 2.45. The van der Waals surface area contributed by atoms with E-state index in [0.29, 0.717) is 67.1 Å². The van der Waals surface area contributed by atoms with Crippen LogP contribution < -0.4 is 24.2 Å². The van der Waals surface area contributed by atoms with E-state index in [9.17, 15) is 49.4 Å². The molecule has 83 heavy (non-hydrogen) atoms. The number of carbonyl (C=O) groups is 1. The fraction of sp³-hybridized carbons (Fsp3) is 0.541. The van der Waals surface area contributed by atoms with Gasteiger partial charge in [0.2, 0.25) is 0 Å². The quantitative estimate of drug-likeness (QED) is 0.0704. The monoisotopic (exact) mass is 1200 g/mol. The van der Waals surface area contributed by atoms with Crippen LogP contribution in [0.4, 0.5) is 57.0 Å². The van der Waals surface area contributed by atoms with E-state index in [0.717, 1.165) is 124 Å². The summed E-state index contributed by atoms with van der Waals surface area (Å²) >= 11 is 6.17. The van der Waals surface area contributed by atoms with Gasteiger partial charge in [0.1, 0.15) is 35.1 Å². The number of fused-ring (bicyclic) bond motifs is 6. The zero-order valence-electron chi connectivity index (χ0n) is 47.2. The van der Waals surface area contributed by atoms with Crippen LogP contribution in [-0.2, 0) is 28.1 Å². The molecule has 0 amide bonds. The van der Waals surface area contributed by atoms with Crippen molar-refractivity contribution in [2.75, 3.05) is 27.9 Å². The van der Waals surface area contributed by atoms with E-state index in [1.54, 1.807) is 0 Å². The lowest BCUT2D eigenvalue weighted by Gasteiger charge is -2.39. The van der Waals surface area contributed by atoms with Crippen LogP contribution in [0.5, 0.6) is 11.5 Å². The van der Waals surface area contributed by atoms with E-state index in [1.165, 1.54) is 41.1 Å². The van der Waals surface area contributed by atoms with Gasteiger partial charge in [-0.1, -0.05) is 26.0 Å². The molecule has 6 bridgehead atoms. The summed E-state index contributed by atoms with van der Waals surface area (Å²) < 4.78 is 131. The number of aryl methyl sites for hydroxylation is 2. The average Bonchev–Trinajstić information content (AvgIpc) is 3.15. The van der Waals surface area contributed by atoms with Crippen molar-refractivity contribution in [1.82, 2.24) is 15.0 Å². The molecule has 0 radical (unpaired) electrons. The molecule has 452 valence electrons. The molecule has 11 nitrogen and oxygen atoms in total. The molecule has 0 aliphatic carbocycles. The van der Waals surface area contributed by atoms with Crippen molar-refractivity contribution in [2.45, 2.75) is 207 Å². The zero-order valence-corrected chi connectivity index (χ0v) is 48.9. The molecule has 2 aromatic carbocycles. The summed E-state index contributed by atoms with van der Waals surface area (Å²) in [7, 11) is 0. The van der Waals surface area contributed by atoms with Crippen LogP contribution in [0.25, 0.3) is 0 Å². The van der Waals surface area contributed by atoms with Crippen molar-refractivity contribution in [3.8, 4) is 11.5 Å². The summed E-state index contributed by atoms with van der Waals surface area (Å²) in [5.74, 6) is 3.39. The molecule has 9 heterocycles. The highest BCUT2D eigenvalue weighted by molar-refractivity contribution is 8.00. The maximum atomic E-state index is 12.9. The van der Waals surface area contributed by atoms with Gasteiger partial charge in [-0.2, -0.15) is 39.5 Å². The lowest BCUT2D eigenvalue weighted by Crippen LogP contribution is -2.46. The summed E-state index contributed by atoms with van der Waals surface area (Å²) in [6.07, 6.45) is 2.05. The zero-order chi connectivity index (χ0) is 59.8. The Morgan fingerprint density at radius 1 is 0.566 bits per heavy atom. The molecule has 6 aliphatic heterocycles. The maximum Gasteiger partial charge on any atom is 0.417 e. The van der Waals surface area contributed by atoms with Gasteiger partial charge in [-0.05, 0) is 163 Å². The minimum absolute atomic E-state index is 0.0966. The Bertz CT molecular complexity index is 2860. The van der Waals surface area contributed by atoms with Crippen molar-refractivity contribution in [3.05, 3.63) is 119 Å². The molecule has 6 fully saturated rings. The van der Waals surface area contributed by atoms with E-state index < -0.39 is 35.2 Å². The third-order valence-electron chi connectivity index (χ3n) is 15.9. The topological polar surface area (TPSA) is 113 Å². The summed E-state index contributed by atoms with van der Waals surface area (Å²) in [4.78, 5) is 31.7. The summed E-state index contributed by atoms with van der Waals surface area (Å²) in [5, 5.41) is 10.2. The number of thiol groups is 1. The number of rotatable bonds is 12. The van der Waals surface area contributed by atoms with Crippen LogP contribution in [-0.4, -0.2) is 93.0 Å². The first kappa shape index (κ1) is 63.4. The number of thioether (sulfide) groups is 1. The highest BCUT2D eigenvalue weighted by Crippen LogP contribution is 2.47. The number of carbonyl (C=O) groups excluding carboxylic acids is 1. The second-order valence-electron chi connectivity index (χ2n) is 22.2. The normalized spacial score (nSPS) is 24.4. The molecule has 0 spiro atoms. The fourth-order valence-corrected chi connectivity index (χ4v) is 13.8. The molecule has 3 aromatic heterocycles. The number of aliphatic hydroxyl groups is 1. The van der Waals surface area contributed by atoms with Gasteiger partial charge in [-0.25, -0.2) is 15.0 Å². The Morgan fingerprint density at radius 2 is 0.940 bits per heavy atom. The number of aliphatic hydroxyl groups excluding tert-OH is 1. The molecular formula is C61H73F9N6O5S2. The smallest absolute Gasteiger partial charge is 0.417 e. The molecular weight excluding hydrogens is 1130 g/mol. The van der Waals surface area contributed by atoms with Gasteiger partial charge in [-0.3, -0.25) is 4.79 Å². The van der Waals surface area contributed by atoms with Gasteiger partial charge in [0.15, 0.2) is 0 Å². The second kappa shape index (κ2) is 27.6. The first-order valence-corrected chi connectivity index (χ1v) is 29.8. The van der Waals surface area contributed by atoms with Crippen molar-refractivity contribution in [1.29, 1.82) is 0 Å². The molecule has 11 rings (SSSR count). The number of aromatic nitrogens is 3. The Hall–Kier alpha value is -5.61. The Kier molecular flexibility index (Phi) is 21.1. The minimum atomic E-state index is -4.37. The number of hydrogen-bond donors (Lipinski definition) is 2. The van der Waals surface area contributed by atoms with E-state index in [4.69, 9.17) is 14.2 Å². The molecule has 6 aliphatic rings. The molecule has 22 heteroatoms. The van der Waals surface area contributed by atoms with Crippen LogP contribution in [0.15, 0.2) is 101 Å². The van der Waals surface area contributed by atoms with Gasteiger partial charge in [0.25, 0.3) is 0 Å². The Labute approximate surface area is 489 Å². The van der Waals surface area contributed by atoms with Crippen LogP contribution in [0, 0.1) is 13.8 Å². The van der Waals surface area contributed by atoms with Crippen molar-refractivity contribution < 1.29 is 63.6 Å². The predicted molar refractivity (Wildman–Crippen MR) is 306 cm³/mol. The van der Waals surface area contributed by atoms with Gasteiger partial charge in [0, 0.05) is 89.6 Å². The lowest BCUT2D eigenvalue weighted by molar-refractivity contribution is -0.147. The number of esters is 1. The number of nitrogens with zero attached hydrogens (tertiary/aromatic N) is 6. The summed E-state index contributed by atoms with van der Waals surface area (Å²) in [5.41, 5.74) is 0.245. The molecule has 1 N–H and O–H groups in total. The van der Waals surface area contributed by atoms with Crippen molar-refractivity contribution in [3.63, 3.8) is 0 Å². The Balaban J connectivity index is 0.000000151. The second-order valence-corrected chi connectivity index (χ2v) is 24.1. The number of piperidine rings is 3. The number of hydrogen-bond acceptors (Lipinski definition) is 13. The van der Waals surface area contributed by atoms with E-state index in [1.807, 2.05) is 36.9 Å². The van der Waals surface area contributed by atoms with Gasteiger partial charge in [0.05, 0.1) is 36.0 Å². The average molecular weight is 1210 g/mol. The van der Waals surface area contributed by atoms with Crippen LogP contribution in [0.1, 0.15) is 138 Å². The van der Waals surface area contributed by atoms with Crippen LogP contribution >= 0.6 is 24.4 Å². The number of halogens is 9. The van der Waals surface area contributed by atoms with Crippen molar-refractivity contribution in [2.24, 2.45) is 0 Å². The fourth-order valence-electron chi connectivity index (χ4n) is 12.2. The number of anilines is 3. The standard InChI is InChI=1S/C23H27F3N2OS.C15H17F3N2O2.C13H15F3N2O.C10H14OS/c1-3-10-29-20-11-15(2)4-8-21(20)30-19-12-17-6-7-18(13-19)28(17)22-9-5-16(14-27-22)23(24,25)26;1-9(21)22-13-6-11-3-4-12(7-13)20(11)14-5-2-10(8-19-14)15(16,17)18;14-13(15,16)8-1-4-12(17-7-8)18-9-2-3-10(18)6-11(19)5-9;1-3-6-11-9-7-8(2)4-5-10(9)12/h4-5,8-9,11,14,17-19H,3,6-7,10,12-13H2,1-2H3;2,5,8,11-13H,3-4,6-7H2,1H3;1,4,7,9-11,19H,2-3,5-6H2;4-5,7,12H,3,6H2,1-2H3/t17-,18+,19?;11-,12+,13?;9-,10+,11?;. The predicted octanol–water partition coefficient (Wildman–Crippen LogP) is 15.3. The van der Waals surface area contributed by atoms with Gasteiger partial charge >= 0.3 is 24.5 Å². The third kappa shape index (κ3) is 16.6. The third-order valence-corrected chi connectivity index (χ3v) is 17.6. The molecule has 3 unspecified atom stereocenters. The van der Waals surface area contributed by atoms with E-state index in [-0.39, 0.29) is 42.3 Å². The number of ether oxygens (including phenoxy) is 3. The number of pyridine rings is 3. The lowest BCUT2D eigenvalue weighted by atomic mass is 9.99. The Morgan fingerprint density at radius 3 is 1.31 bits per heavy atom. The van der Waals surface area contributed by atoms with Crippen LogP contribution in [0.2, 0.25) is 0 Å². The van der Waals surface area contributed by atoms with Gasteiger partial charge in [-0.15, -0.1) is 24.4 Å². The first-order valence-electron chi connectivity index (χ1n) is 28.5. The van der Waals surface area contributed by atoms with Gasteiger partial charge < -0.3 is 34.0 Å². The minimum Gasteiger partial charge on any atom is -0.492 e. The number of alkyl halides is 9.